The highest BCUT2D eigenvalue weighted by atomic mass is 16.7. The van der Waals surface area contributed by atoms with Crippen LogP contribution in [-0.4, -0.2) is 107 Å². The molecule has 330 valence electrons. The Bertz CT molecular complexity index is 2640. The number of nitrogens with two attached hydrogens (primary N) is 2. The third-order valence-corrected chi connectivity index (χ3v) is 12.7. The fourth-order valence-corrected chi connectivity index (χ4v) is 9.78. The van der Waals surface area contributed by atoms with Crippen molar-refractivity contribution >= 4 is 18.2 Å². The van der Waals surface area contributed by atoms with Crippen LogP contribution < -0.4 is 40.1 Å². The molecule has 11 rings (SSSR count). The molecule has 0 spiro atoms. The SMILES string of the molecule is COc1ccc2c3c1OCCC#C[C@H](c1ccccc1)[C@H]1Oc4cc5c(c(C[NH+]6C=C7N=CC=C7C6)c4[C@H](O3)[C@H]21)C#CC[C@]1(O)[C@H](O)[C@@H](O)[C@H](O5)O[C@@H]1[C@H](OC(=O)CC(=O)O)C(N)N. The minimum absolute atomic E-state index is 0.102. The van der Waals surface area contributed by atoms with E-state index in [1.807, 2.05) is 54.7 Å². The zero-order chi connectivity index (χ0) is 44.4. The van der Waals surface area contributed by atoms with E-state index in [0.717, 1.165) is 27.3 Å². The number of aliphatic imine (C=N–C) groups is 1. The van der Waals surface area contributed by atoms with Crippen LogP contribution in [0.25, 0.3) is 0 Å². The Labute approximate surface area is 366 Å². The number of benzene rings is 3. The lowest BCUT2D eigenvalue weighted by Gasteiger charge is -2.50. The van der Waals surface area contributed by atoms with E-state index >= 15 is 0 Å². The molecule has 1 unspecified atom stereocenters. The van der Waals surface area contributed by atoms with Gasteiger partial charge in [0.25, 0.3) is 0 Å². The first-order chi connectivity index (χ1) is 30.9. The van der Waals surface area contributed by atoms with Crippen LogP contribution in [0.3, 0.4) is 0 Å². The van der Waals surface area contributed by atoms with Crippen molar-refractivity contribution in [2.75, 3.05) is 20.3 Å². The standard InChI is InChI=1S/C47H44N4O13/c1-58-30-13-12-27-36-38-25(23-8-3-2-4-9-23)10-5-6-17-59-40(30)39(27)63-41(36)35-28(21-51-20-24-14-16-50-29(24)22-51)26-11-7-15-47(57)43(56)37(55)46(61-31(26)18-32(35)60-38)64-44(47)42(45(48)49)62-34(54)19-33(52)53/h2-4,8-9,12-14,16,18,22,25,36-38,41-46,55-57H,6,15,17,19-21,48-49H2,1H3,(H,52,53)/p+1/t25-,36-,37-,38-,41+,42+,43-,44-,46-,47+/m1/s1. The highest BCUT2D eigenvalue weighted by molar-refractivity contribution is 5.90. The van der Waals surface area contributed by atoms with E-state index < -0.39 is 91.3 Å². The van der Waals surface area contributed by atoms with E-state index in [-0.39, 0.29) is 5.75 Å². The first-order valence-corrected chi connectivity index (χ1v) is 21.0. The summed E-state index contributed by atoms with van der Waals surface area (Å²) in [5.74, 6) is 11.4. The normalized spacial score (nSPS) is 30.3. The Morgan fingerprint density at radius 2 is 1.89 bits per heavy atom. The number of carbonyl (C=O) groups excluding carboxylic acids is 1. The summed E-state index contributed by atoms with van der Waals surface area (Å²) in [4.78, 5) is 29.5. The maximum atomic E-state index is 12.6. The average molecular weight is 874 g/mol. The van der Waals surface area contributed by atoms with Gasteiger partial charge in [0, 0.05) is 47.4 Å². The summed E-state index contributed by atoms with van der Waals surface area (Å²) < 4.78 is 44.6. The fourth-order valence-electron chi connectivity index (χ4n) is 9.78. The number of quaternary nitrogens is 1. The van der Waals surface area contributed by atoms with Gasteiger partial charge in [-0.3, -0.25) is 19.5 Å². The molecular weight excluding hydrogens is 829 g/mol. The number of nitrogens with zero attached hydrogens (tertiary/aromatic N) is 1. The summed E-state index contributed by atoms with van der Waals surface area (Å²) in [5, 5.41) is 44.6. The smallest absolute Gasteiger partial charge is 0.317 e. The Kier molecular flexibility index (Phi) is 10.6. The van der Waals surface area contributed by atoms with Gasteiger partial charge in [-0.05, 0) is 17.7 Å². The number of aliphatic carboxylic acids is 1. The molecule has 0 radical (unpaired) electrons. The van der Waals surface area contributed by atoms with E-state index in [1.165, 1.54) is 0 Å². The molecule has 1 fully saturated rings. The highest BCUT2D eigenvalue weighted by Gasteiger charge is 2.60. The fraction of sp³-hybridized carbons (Fsp3) is 0.383. The van der Waals surface area contributed by atoms with Gasteiger partial charge >= 0.3 is 11.9 Å². The number of carbonyl (C=O) groups is 2. The molecule has 11 atom stereocenters. The molecule has 0 aliphatic carbocycles. The molecule has 0 aromatic heterocycles. The number of allylic oxidation sites excluding steroid dienone is 1. The first kappa shape index (κ1) is 41.6. The number of fused-ring (bicyclic) bond motifs is 6. The number of esters is 1. The molecule has 0 amide bonds. The van der Waals surface area contributed by atoms with Crippen molar-refractivity contribution < 1.29 is 68.1 Å². The average Bonchev–Trinajstić information content (AvgIpc) is 3.99. The predicted molar refractivity (Wildman–Crippen MR) is 223 cm³/mol. The second-order valence-corrected chi connectivity index (χ2v) is 16.7. The highest BCUT2D eigenvalue weighted by Crippen LogP contribution is 2.61. The van der Waals surface area contributed by atoms with E-state index in [9.17, 15) is 30.0 Å². The van der Waals surface area contributed by atoms with E-state index in [2.05, 4.69) is 28.7 Å². The second kappa shape index (κ2) is 16.3. The molecule has 1 saturated heterocycles. The largest absolute Gasteiger partial charge is 0.493 e. The van der Waals surface area contributed by atoms with Crippen LogP contribution in [0.2, 0.25) is 0 Å². The molecule has 6 bridgehead atoms. The number of ether oxygens (including phenoxy) is 7. The van der Waals surface area contributed by atoms with Gasteiger partial charge < -0.3 is 65.1 Å². The molecule has 3 aromatic carbocycles. The van der Waals surface area contributed by atoms with E-state index in [4.69, 9.17) is 44.6 Å². The van der Waals surface area contributed by atoms with Crippen LogP contribution in [0.5, 0.6) is 28.7 Å². The number of hydrogen-bond acceptors (Lipinski definition) is 15. The number of aliphatic hydroxyl groups excluding tert-OH is 2. The molecule has 8 heterocycles. The van der Waals surface area contributed by atoms with Crippen LogP contribution >= 0.6 is 0 Å². The van der Waals surface area contributed by atoms with E-state index in [0.29, 0.717) is 65.8 Å². The van der Waals surface area contributed by atoms with Gasteiger partial charge in [0.1, 0.15) is 79.0 Å². The number of aliphatic hydroxyl groups is 3. The molecule has 17 nitrogen and oxygen atoms in total. The van der Waals surface area contributed by atoms with Crippen LogP contribution in [0, 0.1) is 23.7 Å². The minimum atomic E-state index is -2.46. The molecule has 64 heavy (non-hydrogen) atoms. The van der Waals surface area contributed by atoms with Crippen molar-refractivity contribution in [1.29, 1.82) is 0 Å². The van der Waals surface area contributed by atoms with Crippen LogP contribution in [0.1, 0.15) is 65.0 Å². The lowest BCUT2D eigenvalue weighted by molar-refractivity contribution is -0.851. The predicted octanol–water partition coefficient (Wildman–Crippen LogP) is 0.436. The number of nitrogens with one attached hydrogen (secondary N) is 1. The molecule has 9 N–H and O–H groups in total. The zero-order valence-corrected chi connectivity index (χ0v) is 34.4. The van der Waals surface area contributed by atoms with Crippen molar-refractivity contribution in [3.05, 3.63) is 99.9 Å². The summed E-state index contributed by atoms with van der Waals surface area (Å²) in [6.07, 6.45) is -7.34. The number of methoxy groups -OCH3 is 1. The number of carboxylic acid groups (broad SMARTS) is 1. The van der Waals surface area contributed by atoms with Crippen LogP contribution in [0.15, 0.2) is 77.1 Å². The molecule has 8 aliphatic heterocycles. The number of hydrogen-bond donors (Lipinski definition) is 7. The second-order valence-electron chi connectivity index (χ2n) is 16.7. The molecule has 8 aliphatic rings. The third-order valence-electron chi connectivity index (χ3n) is 12.7. The molecule has 0 saturated carbocycles. The molecule has 17 heteroatoms. The van der Waals surface area contributed by atoms with Gasteiger partial charge in [0.15, 0.2) is 17.6 Å². The van der Waals surface area contributed by atoms with Gasteiger partial charge in [0.05, 0.1) is 37.3 Å². The third kappa shape index (κ3) is 7.02. The van der Waals surface area contributed by atoms with Gasteiger partial charge in [0.2, 0.25) is 12.0 Å². The summed E-state index contributed by atoms with van der Waals surface area (Å²) >= 11 is 0. The zero-order valence-electron chi connectivity index (χ0n) is 34.4. The Balaban J connectivity index is 1.15. The monoisotopic (exact) mass is 873 g/mol. The van der Waals surface area contributed by atoms with Gasteiger partial charge in [-0.25, -0.2) is 0 Å². The maximum Gasteiger partial charge on any atom is 0.317 e. The number of rotatable bonds is 9. The minimum Gasteiger partial charge on any atom is -0.493 e. The number of carboxylic acids is 1. The van der Waals surface area contributed by atoms with Gasteiger partial charge in [-0.2, -0.15) is 0 Å². The molecule has 3 aromatic rings. The Hall–Kier alpha value is -6.41. The topological polar surface area (TPSA) is 249 Å². The lowest BCUT2D eigenvalue weighted by Crippen LogP contribution is -3.05. The summed E-state index contributed by atoms with van der Waals surface area (Å²) in [5.41, 5.74) is 15.1. The maximum absolute atomic E-state index is 12.6. The van der Waals surface area contributed by atoms with Gasteiger partial charge in [-0.1, -0.05) is 60.1 Å². The Morgan fingerprint density at radius 1 is 1.06 bits per heavy atom. The van der Waals surface area contributed by atoms with Crippen molar-refractivity contribution in [2.45, 2.75) is 92.3 Å². The summed E-state index contributed by atoms with van der Waals surface area (Å²) in [6.45, 7) is 1.23. The van der Waals surface area contributed by atoms with Gasteiger partial charge in [-0.15, -0.1) is 0 Å². The van der Waals surface area contributed by atoms with E-state index in [1.54, 1.807) is 19.4 Å². The lowest BCUT2D eigenvalue weighted by atomic mass is 9.75. The van der Waals surface area contributed by atoms with Crippen LogP contribution in [0.4, 0.5) is 0 Å². The van der Waals surface area contributed by atoms with Crippen molar-refractivity contribution in [1.82, 2.24) is 0 Å². The van der Waals surface area contributed by atoms with Crippen molar-refractivity contribution in [2.24, 2.45) is 16.5 Å². The van der Waals surface area contributed by atoms with Crippen molar-refractivity contribution in [3.63, 3.8) is 0 Å². The van der Waals surface area contributed by atoms with Crippen molar-refractivity contribution in [3.8, 4) is 52.4 Å². The van der Waals surface area contributed by atoms with Crippen LogP contribution in [-0.2, 0) is 25.6 Å². The first-order valence-electron chi connectivity index (χ1n) is 21.0. The summed E-state index contributed by atoms with van der Waals surface area (Å²) in [7, 11) is 1.57. The molecular formula is C47H45N4O13+. The summed E-state index contributed by atoms with van der Waals surface area (Å²) in [6, 6.07) is 15.4. The quantitative estimate of drug-likeness (QED) is 0.0667. The Morgan fingerprint density at radius 3 is 2.66 bits per heavy atom.